The third kappa shape index (κ3) is 2.61. The Morgan fingerprint density at radius 1 is 1.17 bits per heavy atom. The Balaban J connectivity index is 2.37. The lowest BCUT2D eigenvalue weighted by Crippen LogP contribution is -2.27. The highest BCUT2D eigenvalue weighted by atomic mass is 16.5. The van der Waals surface area contributed by atoms with Crippen molar-refractivity contribution in [2.75, 3.05) is 20.8 Å². The number of methoxy groups -OCH3 is 2. The van der Waals surface area contributed by atoms with Crippen LogP contribution in [0.1, 0.15) is 43.4 Å². The lowest BCUT2D eigenvalue weighted by atomic mass is 9.94. The van der Waals surface area contributed by atoms with Gasteiger partial charge in [-0.05, 0) is 37.4 Å². The molecule has 1 aliphatic rings. The van der Waals surface area contributed by atoms with E-state index in [2.05, 4.69) is 18.3 Å². The highest BCUT2D eigenvalue weighted by Gasteiger charge is 2.20. The predicted molar refractivity (Wildman–Crippen MR) is 73.5 cm³/mol. The Labute approximate surface area is 109 Å². The molecule has 0 radical (unpaired) electrons. The fourth-order valence-electron chi connectivity index (χ4n) is 2.66. The monoisotopic (exact) mass is 249 g/mol. The largest absolute Gasteiger partial charge is 0.496 e. The molecule has 1 unspecified atom stereocenters. The van der Waals surface area contributed by atoms with Gasteiger partial charge in [-0.15, -0.1) is 0 Å². The number of piperidine rings is 1. The quantitative estimate of drug-likeness (QED) is 0.889. The van der Waals surface area contributed by atoms with E-state index in [0.717, 1.165) is 24.5 Å². The van der Waals surface area contributed by atoms with Gasteiger partial charge in [0.1, 0.15) is 11.5 Å². The van der Waals surface area contributed by atoms with Crippen molar-refractivity contribution >= 4 is 0 Å². The molecule has 3 nitrogen and oxygen atoms in total. The molecule has 1 atom stereocenters. The molecule has 0 saturated carbocycles. The molecule has 1 N–H and O–H groups in total. The second-order valence-electron chi connectivity index (χ2n) is 4.76. The topological polar surface area (TPSA) is 30.5 Å². The first kappa shape index (κ1) is 13.2. The van der Waals surface area contributed by atoms with Crippen LogP contribution in [0.2, 0.25) is 0 Å². The molecule has 0 aromatic heterocycles. The van der Waals surface area contributed by atoms with E-state index in [1.54, 1.807) is 14.2 Å². The summed E-state index contributed by atoms with van der Waals surface area (Å²) in [5.41, 5.74) is 2.52. The van der Waals surface area contributed by atoms with E-state index >= 15 is 0 Å². The normalized spacial score (nSPS) is 19.6. The van der Waals surface area contributed by atoms with E-state index in [1.165, 1.54) is 30.4 Å². The molecule has 1 aromatic carbocycles. The number of nitrogens with one attached hydrogen (secondary N) is 1. The van der Waals surface area contributed by atoms with Crippen LogP contribution in [-0.4, -0.2) is 20.8 Å². The summed E-state index contributed by atoms with van der Waals surface area (Å²) < 4.78 is 10.9. The van der Waals surface area contributed by atoms with Crippen molar-refractivity contribution in [3.8, 4) is 11.5 Å². The molecule has 0 aliphatic carbocycles. The summed E-state index contributed by atoms with van der Waals surface area (Å²) in [6.07, 6.45) is 4.72. The zero-order valence-electron chi connectivity index (χ0n) is 11.6. The third-order valence-electron chi connectivity index (χ3n) is 3.70. The highest BCUT2D eigenvalue weighted by Crippen LogP contribution is 2.35. The average Bonchev–Trinajstić information content (AvgIpc) is 2.46. The molecule has 1 fully saturated rings. The second-order valence-corrected chi connectivity index (χ2v) is 4.76. The van der Waals surface area contributed by atoms with Crippen LogP contribution in [0.25, 0.3) is 0 Å². The number of hydrogen-bond acceptors (Lipinski definition) is 3. The summed E-state index contributed by atoms with van der Waals surface area (Å²) in [5.74, 6) is 1.86. The van der Waals surface area contributed by atoms with E-state index in [0.29, 0.717) is 6.04 Å². The van der Waals surface area contributed by atoms with Crippen LogP contribution in [-0.2, 0) is 6.42 Å². The molecule has 0 spiro atoms. The van der Waals surface area contributed by atoms with Gasteiger partial charge in [0.05, 0.1) is 14.2 Å². The summed E-state index contributed by atoms with van der Waals surface area (Å²) in [7, 11) is 3.44. The van der Waals surface area contributed by atoms with E-state index in [-0.39, 0.29) is 0 Å². The van der Waals surface area contributed by atoms with Crippen LogP contribution in [0.15, 0.2) is 12.1 Å². The lowest BCUT2D eigenvalue weighted by Gasteiger charge is -2.26. The van der Waals surface area contributed by atoms with Gasteiger partial charge in [0.25, 0.3) is 0 Å². The van der Waals surface area contributed by atoms with E-state index in [1.807, 2.05) is 6.07 Å². The van der Waals surface area contributed by atoms with Crippen molar-refractivity contribution in [3.05, 3.63) is 23.3 Å². The Morgan fingerprint density at radius 2 is 1.94 bits per heavy atom. The van der Waals surface area contributed by atoms with Crippen molar-refractivity contribution in [3.63, 3.8) is 0 Å². The van der Waals surface area contributed by atoms with Gasteiger partial charge >= 0.3 is 0 Å². The minimum absolute atomic E-state index is 0.421. The first-order valence-corrected chi connectivity index (χ1v) is 6.78. The van der Waals surface area contributed by atoms with Gasteiger partial charge in [0.2, 0.25) is 0 Å². The maximum absolute atomic E-state index is 5.52. The van der Waals surface area contributed by atoms with Crippen molar-refractivity contribution in [1.29, 1.82) is 0 Å². The Kier molecular flexibility index (Phi) is 4.48. The Bertz CT molecular complexity index is 398. The van der Waals surface area contributed by atoms with Crippen molar-refractivity contribution in [1.82, 2.24) is 5.32 Å². The van der Waals surface area contributed by atoms with Crippen molar-refractivity contribution < 1.29 is 9.47 Å². The zero-order valence-corrected chi connectivity index (χ0v) is 11.6. The van der Waals surface area contributed by atoms with Gasteiger partial charge in [-0.2, -0.15) is 0 Å². The Morgan fingerprint density at radius 3 is 2.50 bits per heavy atom. The van der Waals surface area contributed by atoms with Crippen LogP contribution >= 0.6 is 0 Å². The van der Waals surface area contributed by atoms with Crippen LogP contribution in [0.3, 0.4) is 0 Å². The van der Waals surface area contributed by atoms with Gasteiger partial charge < -0.3 is 14.8 Å². The van der Waals surface area contributed by atoms with Crippen LogP contribution < -0.4 is 14.8 Å². The number of rotatable bonds is 4. The molecule has 0 bridgehead atoms. The smallest absolute Gasteiger partial charge is 0.127 e. The number of benzene rings is 1. The summed E-state index contributed by atoms with van der Waals surface area (Å²) in [4.78, 5) is 0. The van der Waals surface area contributed by atoms with Gasteiger partial charge in [-0.3, -0.25) is 0 Å². The summed E-state index contributed by atoms with van der Waals surface area (Å²) >= 11 is 0. The molecule has 3 heteroatoms. The van der Waals surface area contributed by atoms with E-state index < -0.39 is 0 Å². The fourth-order valence-corrected chi connectivity index (χ4v) is 2.66. The Hall–Kier alpha value is -1.22. The van der Waals surface area contributed by atoms with Crippen molar-refractivity contribution in [2.24, 2.45) is 0 Å². The summed E-state index contributed by atoms with van der Waals surface area (Å²) in [6.45, 7) is 3.25. The average molecular weight is 249 g/mol. The third-order valence-corrected chi connectivity index (χ3v) is 3.70. The molecule has 2 rings (SSSR count). The highest BCUT2D eigenvalue weighted by molar-refractivity contribution is 5.48. The standard InChI is InChI=1S/C15H23NO2/c1-4-11-9-12(13-7-5-6-8-16-13)15(18-3)10-14(11)17-2/h9-10,13,16H,4-8H2,1-3H3. The maximum atomic E-state index is 5.52. The molecule has 1 saturated heterocycles. The minimum atomic E-state index is 0.421. The number of ether oxygens (including phenoxy) is 2. The molecule has 1 aliphatic heterocycles. The van der Waals surface area contributed by atoms with E-state index in [4.69, 9.17) is 9.47 Å². The maximum Gasteiger partial charge on any atom is 0.127 e. The zero-order chi connectivity index (χ0) is 13.0. The predicted octanol–water partition coefficient (Wildman–Crippen LogP) is 3.08. The molecule has 100 valence electrons. The van der Waals surface area contributed by atoms with Crippen molar-refractivity contribution in [2.45, 2.75) is 38.6 Å². The van der Waals surface area contributed by atoms with Gasteiger partial charge in [-0.1, -0.05) is 13.3 Å². The second kappa shape index (κ2) is 6.10. The fraction of sp³-hybridized carbons (Fsp3) is 0.600. The molecule has 1 aromatic rings. The van der Waals surface area contributed by atoms with Gasteiger partial charge in [-0.25, -0.2) is 0 Å². The van der Waals surface area contributed by atoms with Crippen LogP contribution in [0.4, 0.5) is 0 Å². The number of hydrogen-bond donors (Lipinski definition) is 1. The first-order valence-electron chi connectivity index (χ1n) is 6.78. The molecule has 1 heterocycles. The SMILES string of the molecule is CCc1cc(C2CCCCN2)c(OC)cc1OC. The molecular formula is C15H23NO2. The summed E-state index contributed by atoms with van der Waals surface area (Å²) in [6, 6.07) is 4.68. The first-order chi connectivity index (χ1) is 8.80. The van der Waals surface area contributed by atoms with Crippen LogP contribution in [0, 0.1) is 0 Å². The van der Waals surface area contributed by atoms with E-state index in [9.17, 15) is 0 Å². The molecular weight excluding hydrogens is 226 g/mol. The van der Waals surface area contributed by atoms with Gasteiger partial charge in [0.15, 0.2) is 0 Å². The minimum Gasteiger partial charge on any atom is -0.496 e. The lowest BCUT2D eigenvalue weighted by molar-refractivity contribution is 0.365. The molecule has 18 heavy (non-hydrogen) atoms. The number of aryl methyl sites for hydroxylation is 1. The summed E-state index contributed by atoms with van der Waals surface area (Å²) in [5, 5.41) is 3.58. The molecule has 0 amide bonds. The van der Waals surface area contributed by atoms with Crippen LogP contribution in [0.5, 0.6) is 11.5 Å². The van der Waals surface area contributed by atoms with Gasteiger partial charge in [0, 0.05) is 17.7 Å².